The van der Waals surface area contributed by atoms with E-state index in [-0.39, 0.29) is 5.41 Å². The third kappa shape index (κ3) is 6.48. The van der Waals surface area contributed by atoms with Crippen LogP contribution in [0.2, 0.25) is 0 Å². The van der Waals surface area contributed by atoms with E-state index in [0.29, 0.717) is 12.1 Å². The lowest BCUT2D eigenvalue weighted by molar-refractivity contribution is -0.136. The smallest absolute Gasteiger partial charge is 0.336 e. The second-order valence-electron chi connectivity index (χ2n) is 11.5. The molecule has 6 nitrogen and oxygen atoms in total. The third-order valence-corrected chi connectivity index (χ3v) is 9.54. The minimum atomic E-state index is -0.417. The zero-order chi connectivity index (χ0) is 30.4. The minimum absolute atomic E-state index is 0.00984. The molecule has 0 aromatic heterocycles. The fourth-order valence-electron chi connectivity index (χ4n) is 6.84. The summed E-state index contributed by atoms with van der Waals surface area (Å²) >= 11 is 3.51. The molecule has 224 valence electrons. The van der Waals surface area contributed by atoms with Crippen LogP contribution in [0.1, 0.15) is 55.7 Å². The van der Waals surface area contributed by atoms with Crippen LogP contribution in [0, 0.1) is 0 Å². The lowest BCUT2D eigenvalue weighted by Crippen LogP contribution is -2.44. The summed E-state index contributed by atoms with van der Waals surface area (Å²) in [4.78, 5) is 29.9. The summed E-state index contributed by atoms with van der Waals surface area (Å²) < 4.78 is 6.14. The van der Waals surface area contributed by atoms with Crippen LogP contribution in [-0.2, 0) is 19.7 Å². The van der Waals surface area contributed by atoms with Crippen molar-refractivity contribution < 1.29 is 14.3 Å². The van der Waals surface area contributed by atoms with Gasteiger partial charge < -0.3 is 19.9 Å². The highest BCUT2D eigenvalue weighted by molar-refractivity contribution is 9.10. The Bertz CT molecular complexity index is 1440. The Morgan fingerprint density at radius 2 is 1.53 bits per heavy atom. The molecule has 3 aromatic carbocycles. The van der Waals surface area contributed by atoms with Gasteiger partial charge in [-0.3, -0.25) is 4.79 Å². The molecule has 0 radical (unpaired) electrons. The minimum Gasteiger partial charge on any atom is -0.466 e. The monoisotopic (exact) mass is 641 g/mol. The highest BCUT2D eigenvalue weighted by atomic mass is 79.9. The highest BCUT2D eigenvalue weighted by Crippen LogP contribution is 2.42. The summed E-state index contributed by atoms with van der Waals surface area (Å²) in [7, 11) is 1.40. The molecule has 1 amide bonds. The first-order valence-corrected chi connectivity index (χ1v) is 15.7. The predicted octanol–water partition coefficient (Wildman–Crippen LogP) is 6.75. The van der Waals surface area contributed by atoms with Crippen LogP contribution in [0.15, 0.2) is 112 Å². The van der Waals surface area contributed by atoms with Crippen LogP contribution < -0.4 is 5.32 Å². The average Bonchev–Trinajstić information content (AvgIpc) is 3.04. The molecule has 1 fully saturated rings. The van der Waals surface area contributed by atoms with Gasteiger partial charge in [-0.15, -0.1) is 0 Å². The van der Waals surface area contributed by atoms with Crippen molar-refractivity contribution >= 4 is 28.3 Å². The van der Waals surface area contributed by atoms with Crippen molar-refractivity contribution in [1.82, 2.24) is 15.1 Å². The van der Waals surface area contributed by atoms with Gasteiger partial charge in [-0.2, -0.15) is 0 Å². The van der Waals surface area contributed by atoms with Gasteiger partial charge in [0.2, 0.25) is 6.41 Å². The summed E-state index contributed by atoms with van der Waals surface area (Å²) in [6.07, 6.45) is 3.81. The van der Waals surface area contributed by atoms with E-state index in [4.69, 9.17) is 4.74 Å². The summed E-state index contributed by atoms with van der Waals surface area (Å²) in [5, 5.41) is 3.34. The van der Waals surface area contributed by atoms with E-state index in [0.717, 1.165) is 72.4 Å². The van der Waals surface area contributed by atoms with Gasteiger partial charge in [-0.05, 0) is 81.6 Å². The maximum absolute atomic E-state index is 13.0. The predicted molar refractivity (Wildman–Crippen MR) is 174 cm³/mol. The molecule has 3 aromatic rings. The molecule has 1 atom stereocenters. The number of ether oxygens (including phenoxy) is 1. The fraction of sp³-hybridized carbons (Fsp3) is 0.333. The summed E-state index contributed by atoms with van der Waals surface area (Å²) in [5.74, 6) is -0.818. The average molecular weight is 643 g/mol. The molecule has 1 saturated heterocycles. The molecule has 5 rings (SSSR count). The van der Waals surface area contributed by atoms with Gasteiger partial charge in [-0.25, -0.2) is 4.79 Å². The second-order valence-corrected chi connectivity index (χ2v) is 12.4. The van der Waals surface area contributed by atoms with E-state index >= 15 is 0 Å². The number of allylic oxidation sites excluding steroid dienone is 3. The molecule has 1 unspecified atom stereocenters. The van der Waals surface area contributed by atoms with Crippen molar-refractivity contribution in [2.45, 2.75) is 44.4 Å². The highest BCUT2D eigenvalue weighted by Gasteiger charge is 2.38. The molecule has 7 heteroatoms. The largest absolute Gasteiger partial charge is 0.466 e. The molecule has 2 heterocycles. The van der Waals surface area contributed by atoms with Crippen LogP contribution >= 0.6 is 15.9 Å². The van der Waals surface area contributed by atoms with Gasteiger partial charge >= 0.3 is 5.97 Å². The maximum Gasteiger partial charge on any atom is 0.336 e. The van der Waals surface area contributed by atoms with Crippen LogP contribution in [0.5, 0.6) is 0 Å². The number of rotatable bonds is 10. The standard InChI is InChI=1S/C36H40BrN3O3/c1-26-32(35(42)43-3)33(28-15-17-31(37)18-16-28)34(27(2)38-26)40(25-41)22-10-21-39-23-19-36(20-24-39,29-11-6-4-7-12-29)30-13-8-5-9-14-30/h4-9,11-18,25,33,38H,10,19-24H2,1-3H3. The van der Waals surface area contributed by atoms with E-state index in [2.05, 4.69) is 86.8 Å². The Kier molecular flexibility index (Phi) is 9.83. The van der Waals surface area contributed by atoms with Crippen molar-refractivity contribution in [2.75, 3.05) is 33.3 Å². The topological polar surface area (TPSA) is 61.9 Å². The molecular formula is C36H40BrN3O3. The summed E-state index contributed by atoms with van der Waals surface area (Å²) in [6.45, 7) is 7.27. The number of nitrogens with zero attached hydrogens (tertiary/aromatic N) is 2. The summed E-state index contributed by atoms with van der Waals surface area (Å²) in [6, 6.07) is 29.7. The number of hydrogen-bond donors (Lipinski definition) is 1. The van der Waals surface area contributed by atoms with E-state index in [9.17, 15) is 9.59 Å². The van der Waals surface area contributed by atoms with Crippen LogP contribution in [0.25, 0.3) is 0 Å². The Morgan fingerprint density at radius 1 is 0.953 bits per heavy atom. The van der Waals surface area contributed by atoms with E-state index < -0.39 is 11.9 Å². The molecule has 0 bridgehead atoms. The van der Waals surface area contributed by atoms with Crippen molar-refractivity contribution in [3.05, 3.63) is 129 Å². The third-order valence-electron chi connectivity index (χ3n) is 9.01. The number of esters is 1. The maximum atomic E-state index is 13.0. The molecule has 43 heavy (non-hydrogen) atoms. The van der Waals surface area contributed by atoms with Gasteiger partial charge in [0, 0.05) is 27.8 Å². The van der Waals surface area contributed by atoms with Crippen LogP contribution in [0.4, 0.5) is 0 Å². The lowest BCUT2D eigenvalue weighted by Gasteiger charge is -2.43. The number of amides is 1. The molecule has 0 saturated carbocycles. The zero-order valence-corrected chi connectivity index (χ0v) is 26.8. The SMILES string of the molecule is COC(=O)C1=C(C)NC(C)=C(N(C=O)CCCN2CCC(c3ccccc3)(c3ccccc3)CC2)C1c1ccc(Br)cc1. The van der Waals surface area contributed by atoms with Gasteiger partial charge in [0.1, 0.15) is 0 Å². The summed E-state index contributed by atoms with van der Waals surface area (Å²) in [5.41, 5.74) is 6.60. The quantitative estimate of drug-likeness (QED) is 0.196. The van der Waals surface area contributed by atoms with Crippen LogP contribution in [-0.4, -0.2) is 55.5 Å². The number of carbonyl (C=O) groups excluding carboxylic acids is 2. The molecular weight excluding hydrogens is 602 g/mol. The van der Waals surface area contributed by atoms with Gasteiger partial charge in [-0.1, -0.05) is 88.7 Å². The Morgan fingerprint density at radius 3 is 2.07 bits per heavy atom. The van der Waals surface area contributed by atoms with Crippen molar-refractivity contribution in [3.8, 4) is 0 Å². The molecule has 2 aliphatic heterocycles. The first kappa shape index (κ1) is 30.8. The Balaban J connectivity index is 1.30. The zero-order valence-electron chi connectivity index (χ0n) is 25.2. The number of likely N-dealkylation sites (tertiary alicyclic amines) is 1. The van der Waals surface area contributed by atoms with Gasteiger partial charge in [0.05, 0.1) is 24.3 Å². The molecule has 0 spiro atoms. The second kappa shape index (κ2) is 13.7. The number of carbonyl (C=O) groups is 2. The number of benzene rings is 3. The number of nitrogens with one attached hydrogen (secondary N) is 1. The number of hydrogen-bond acceptors (Lipinski definition) is 5. The number of piperidine rings is 1. The number of dihydropyridines is 1. The van der Waals surface area contributed by atoms with Crippen molar-refractivity contribution in [2.24, 2.45) is 0 Å². The fourth-order valence-corrected chi connectivity index (χ4v) is 7.10. The van der Waals surface area contributed by atoms with E-state index in [1.54, 1.807) is 4.90 Å². The first-order valence-electron chi connectivity index (χ1n) is 15.0. The van der Waals surface area contributed by atoms with Crippen molar-refractivity contribution in [1.29, 1.82) is 0 Å². The Labute approximate surface area is 263 Å². The van der Waals surface area contributed by atoms with E-state index in [1.165, 1.54) is 18.2 Å². The number of methoxy groups -OCH3 is 1. The molecule has 2 aliphatic rings. The van der Waals surface area contributed by atoms with Gasteiger partial charge in [0.15, 0.2) is 0 Å². The molecule has 1 N–H and O–H groups in total. The van der Waals surface area contributed by atoms with Gasteiger partial charge in [0.25, 0.3) is 0 Å². The molecule has 0 aliphatic carbocycles. The number of halogens is 1. The van der Waals surface area contributed by atoms with E-state index in [1.807, 2.05) is 38.1 Å². The normalized spacial score (nSPS) is 18.7. The Hall–Kier alpha value is -3.68. The van der Waals surface area contributed by atoms with Crippen LogP contribution in [0.3, 0.4) is 0 Å². The van der Waals surface area contributed by atoms with Crippen molar-refractivity contribution in [3.63, 3.8) is 0 Å². The first-order chi connectivity index (χ1) is 20.9. The lowest BCUT2D eigenvalue weighted by atomic mass is 9.68.